The van der Waals surface area contributed by atoms with E-state index in [0.717, 1.165) is 24.2 Å². The van der Waals surface area contributed by atoms with Gasteiger partial charge in [0, 0.05) is 31.3 Å². The maximum atomic E-state index is 12.2. The molecule has 0 unspecified atom stereocenters. The molecule has 2 aromatic rings. The van der Waals surface area contributed by atoms with Crippen LogP contribution in [0.4, 0.5) is 14.5 Å². The van der Waals surface area contributed by atoms with Crippen LogP contribution in [0.2, 0.25) is 0 Å². The van der Waals surface area contributed by atoms with Crippen LogP contribution < -0.4 is 15.0 Å². The van der Waals surface area contributed by atoms with Crippen LogP contribution in [0.25, 0.3) is 6.08 Å². The zero-order valence-corrected chi connectivity index (χ0v) is 15.1. The van der Waals surface area contributed by atoms with Crippen molar-refractivity contribution in [3.63, 3.8) is 0 Å². The predicted octanol–water partition coefficient (Wildman–Crippen LogP) is 3.74. The zero-order chi connectivity index (χ0) is 19.9. The molecule has 28 heavy (non-hydrogen) atoms. The van der Waals surface area contributed by atoms with E-state index in [0.29, 0.717) is 12.0 Å². The Morgan fingerprint density at radius 3 is 2.68 bits per heavy atom. The fourth-order valence-electron chi connectivity index (χ4n) is 2.94. The molecule has 1 heterocycles. The molecular weight excluding hydrogens is 366 g/mol. The Balaban J connectivity index is 1.52. The van der Waals surface area contributed by atoms with Crippen LogP contribution in [-0.4, -0.2) is 25.0 Å². The van der Waals surface area contributed by atoms with Gasteiger partial charge in [0.05, 0.1) is 0 Å². The first-order valence-electron chi connectivity index (χ1n) is 8.91. The molecule has 146 valence electrons. The number of amides is 2. The number of nitrogens with one attached hydrogen (secondary N) is 1. The third-order valence-corrected chi connectivity index (χ3v) is 4.30. The van der Waals surface area contributed by atoms with Crippen LogP contribution >= 0.6 is 0 Å². The molecular formula is C21H20F2N2O3. The van der Waals surface area contributed by atoms with Gasteiger partial charge in [-0.3, -0.25) is 9.59 Å². The first kappa shape index (κ1) is 19.5. The average Bonchev–Trinajstić information content (AvgIpc) is 3.11. The van der Waals surface area contributed by atoms with E-state index in [2.05, 4.69) is 10.1 Å². The highest BCUT2D eigenvalue weighted by molar-refractivity contribution is 5.95. The third-order valence-electron chi connectivity index (χ3n) is 4.30. The number of hydrogen-bond acceptors (Lipinski definition) is 3. The highest BCUT2D eigenvalue weighted by Crippen LogP contribution is 2.22. The van der Waals surface area contributed by atoms with Gasteiger partial charge in [-0.1, -0.05) is 24.3 Å². The first-order valence-corrected chi connectivity index (χ1v) is 8.91. The van der Waals surface area contributed by atoms with Crippen LogP contribution in [0.15, 0.2) is 54.6 Å². The molecule has 0 saturated carbocycles. The summed E-state index contributed by atoms with van der Waals surface area (Å²) in [6, 6.07) is 13.6. The van der Waals surface area contributed by atoms with Gasteiger partial charge in [0.25, 0.3) is 0 Å². The van der Waals surface area contributed by atoms with E-state index in [-0.39, 0.29) is 24.1 Å². The van der Waals surface area contributed by atoms with E-state index in [1.54, 1.807) is 23.1 Å². The number of ether oxygens (including phenoxy) is 1. The number of alkyl halides is 2. The number of benzene rings is 2. The lowest BCUT2D eigenvalue weighted by atomic mass is 10.2. The second kappa shape index (κ2) is 9.12. The van der Waals surface area contributed by atoms with Crippen molar-refractivity contribution < 1.29 is 23.1 Å². The van der Waals surface area contributed by atoms with E-state index in [1.165, 1.54) is 18.2 Å². The molecule has 5 nitrogen and oxygen atoms in total. The molecule has 1 saturated heterocycles. The second-order valence-electron chi connectivity index (χ2n) is 6.32. The minimum atomic E-state index is -2.89. The van der Waals surface area contributed by atoms with Crippen LogP contribution in [0.1, 0.15) is 24.0 Å². The molecule has 0 atom stereocenters. The Hall–Kier alpha value is -3.22. The lowest BCUT2D eigenvalue weighted by molar-refractivity contribution is -0.117. The zero-order valence-electron chi connectivity index (χ0n) is 15.1. The summed E-state index contributed by atoms with van der Waals surface area (Å²) in [5, 5.41) is 2.69. The summed E-state index contributed by atoms with van der Waals surface area (Å²) < 4.78 is 28.8. The van der Waals surface area contributed by atoms with Crippen LogP contribution in [0, 0.1) is 0 Å². The molecule has 1 aliphatic rings. The molecule has 0 radical (unpaired) electrons. The lowest BCUT2D eigenvalue weighted by Crippen LogP contribution is -2.23. The third kappa shape index (κ3) is 5.39. The summed E-state index contributed by atoms with van der Waals surface area (Å²) in [7, 11) is 0. The van der Waals surface area contributed by atoms with E-state index < -0.39 is 6.61 Å². The van der Waals surface area contributed by atoms with Crippen LogP contribution in [0.3, 0.4) is 0 Å². The normalized spacial score (nSPS) is 14.1. The lowest BCUT2D eigenvalue weighted by Gasteiger charge is -2.15. The van der Waals surface area contributed by atoms with Crippen molar-refractivity contribution in [3.05, 3.63) is 65.7 Å². The smallest absolute Gasteiger partial charge is 0.387 e. The van der Waals surface area contributed by atoms with Gasteiger partial charge in [-0.25, -0.2) is 0 Å². The summed E-state index contributed by atoms with van der Waals surface area (Å²) >= 11 is 0. The number of anilines is 1. The van der Waals surface area contributed by atoms with Crippen molar-refractivity contribution in [2.45, 2.75) is 26.0 Å². The molecule has 2 aromatic carbocycles. The van der Waals surface area contributed by atoms with Crippen LogP contribution in [0.5, 0.6) is 5.75 Å². The number of hydrogen-bond donors (Lipinski definition) is 1. The monoisotopic (exact) mass is 386 g/mol. The molecule has 0 aliphatic carbocycles. The summed E-state index contributed by atoms with van der Waals surface area (Å²) in [4.78, 5) is 25.5. The highest BCUT2D eigenvalue weighted by Gasteiger charge is 2.21. The van der Waals surface area contributed by atoms with Crippen molar-refractivity contribution in [3.8, 4) is 5.75 Å². The maximum absolute atomic E-state index is 12.2. The largest absolute Gasteiger partial charge is 0.435 e. The number of carbonyl (C=O) groups excluding carboxylic acids is 2. The first-order chi connectivity index (χ1) is 13.5. The van der Waals surface area contributed by atoms with E-state index in [1.807, 2.05) is 24.3 Å². The molecule has 3 rings (SSSR count). The van der Waals surface area contributed by atoms with Gasteiger partial charge in [0.15, 0.2) is 0 Å². The van der Waals surface area contributed by atoms with Crippen molar-refractivity contribution in [2.75, 3.05) is 11.4 Å². The Kier molecular flexibility index (Phi) is 6.37. The van der Waals surface area contributed by atoms with Gasteiger partial charge in [0.1, 0.15) is 5.75 Å². The number of nitrogens with zero attached hydrogens (tertiary/aromatic N) is 1. The van der Waals surface area contributed by atoms with Crippen molar-refractivity contribution in [1.29, 1.82) is 0 Å². The Morgan fingerprint density at radius 1 is 1.21 bits per heavy atom. The molecule has 0 aromatic heterocycles. The summed E-state index contributed by atoms with van der Waals surface area (Å²) in [6.07, 6.45) is 4.52. The minimum absolute atomic E-state index is 0.0499. The SMILES string of the molecule is O=C(/C=C/c1ccc(N2CCCC2=O)cc1)NCc1cccc(OC(F)F)c1. The maximum Gasteiger partial charge on any atom is 0.387 e. The van der Waals surface area contributed by atoms with Gasteiger partial charge in [-0.2, -0.15) is 8.78 Å². The second-order valence-corrected chi connectivity index (χ2v) is 6.32. The Morgan fingerprint density at radius 2 is 2.00 bits per heavy atom. The van der Waals surface area contributed by atoms with Gasteiger partial charge >= 0.3 is 6.61 Å². The van der Waals surface area contributed by atoms with Gasteiger partial charge in [0.2, 0.25) is 11.8 Å². The molecule has 1 fully saturated rings. The molecule has 0 bridgehead atoms. The number of carbonyl (C=O) groups is 2. The number of rotatable bonds is 7. The standard InChI is InChI=1S/C21H20F2N2O3/c22-21(23)28-18-4-1-3-16(13-18)14-24-19(26)11-8-15-6-9-17(10-7-15)25-12-2-5-20(25)27/h1,3-4,6-11,13,21H,2,5,12,14H2,(H,24,26)/b11-8+. The van der Waals surface area contributed by atoms with Gasteiger partial charge in [-0.05, 0) is 47.9 Å². The minimum Gasteiger partial charge on any atom is -0.435 e. The van der Waals surface area contributed by atoms with E-state index in [4.69, 9.17) is 0 Å². The fraction of sp³-hybridized carbons (Fsp3) is 0.238. The molecule has 1 aliphatic heterocycles. The van der Waals surface area contributed by atoms with Crippen molar-refractivity contribution >= 4 is 23.6 Å². The van der Waals surface area contributed by atoms with Crippen LogP contribution in [-0.2, 0) is 16.1 Å². The van der Waals surface area contributed by atoms with Crippen molar-refractivity contribution in [2.24, 2.45) is 0 Å². The topological polar surface area (TPSA) is 58.6 Å². The molecule has 1 N–H and O–H groups in total. The molecule has 0 spiro atoms. The van der Waals surface area contributed by atoms with E-state index in [9.17, 15) is 18.4 Å². The Bertz CT molecular complexity index is 866. The molecule has 7 heteroatoms. The Labute approximate surface area is 161 Å². The van der Waals surface area contributed by atoms with E-state index >= 15 is 0 Å². The number of halogens is 2. The predicted molar refractivity (Wildman–Crippen MR) is 102 cm³/mol. The van der Waals surface area contributed by atoms with Gasteiger partial charge < -0.3 is 15.0 Å². The summed E-state index contributed by atoms with van der Waals surface area (Å²) in [5.41, 5.74) is 2.34. The molecule has 2 amide bonds. The fourth-order valence-corrected chi connectivity index (χ4v) is 2.94. The quantitative estimate of drug-likeness (QED) is 0.738. The summed E-state index contributed by atoms with van der Waals surface area (Å²) in [5.74, 6) is -0.126. The van der Waals surface area contributed by atoms with Gasteiger partial charge in [-0.15, -0.1) is 0 Å². The highest BCUT2D eigenvalue weighted by atomic mass is 19.3. The average molecular weight is 386 g/mol. The summed E-state index contributed by atoms with van der Waals surface area (Å²) in [6.45, 7) is -1.96. The van der Waals surface area contributed by atoms with Crippen molar-refractivity contribution in [1.82, 2.24) is 5.32 Å².